The second kappa shape index (κ2) is 10.1. The molecule has 5 heterocycles. The van der Waals surface area contributed by atoms with Gasteiger partial charge in [-0.1, -0.05) is 0 Å². The third kappa shape index (κ3) is 5.40. The van der Waals surface area contributed by atoms with Crippen LogP contribution in [0.1, 0.15) is 37.4 Å². The minimum Gasteiger partial charge on any atom is -0.486 e. The number of piperidine rings is 2. The summed E-state index contributed by atoms with van der Waals surface area (Å²) in [6.07, 6.45) is 8.68. The van der Waals surface area contributed by atoms with Crippen molar-refractivity contribution >= 4 is 5.78 Å². The van der Waals surface area contributed by atoms with Gasteiger partial charge in [0.25, 0.3) is 0 Å². The van der Waals surface area contributed by atoms with E-state index in [2.05, 4.69) is 40.9 Å². The molecule has 0 unspecified atom stereocenters. The number of Topliss-reactive ketones (excluding diaryl/α,β-unsaturated/α-hetero) is 1. The Balaban J connectivity index is 1.08. The van der Waals surface area contributed by atoms with Crippen molar-refractivity contribution in [3.8, 4) is 11.6 Å². The molecule has 2 aliphatic heterocycles. The maximum Gasteiger partial charge on any atom is 0.157 e. The zero-order valence-corrected chi connectivity index (χ0v) is 18.5. The fraction of sp³-hybridized carbons (Fsp3) is 0.571. The van der Waals surface area contributed by atoms with Crippen molar-refractivity contribution in [2.24, 2.45) is 5.92 Å². The standard InChI is InChI=1S/C21H28N10O2/c32-20(16-3-7-22-8-4-16)13-29-9-5-18(6-10-29)31-25-11-17(26-31)14-33-19-1-2-21(23-12-19)30-15-24-27-28-30/h1-2,11-12,15-16,18,22H,3-10,13-14H2. The van der Waals surface area contributed by atoms with E-state index in [1.54, 1.807) is 23.3 Å². The van der Waals surface area contributed by atoms with Gasteiger partial charge in [0.15, 0.2) is 5.82 Å². The van der Waals surface area contributed by atoms with Crippen LogP contribution in [0.15, 0.2) is 30.9 Å². The van der Waals surface area contributed by atoms with E-state index in [9.17, 15) is 4.79 Å². The maximum absolute atomic E-state index is 12.6. The minimum atomic E-state index is 0.227. The van der Waals surface area contributed by atoms with Crippen molar-refractivity contribution in [1.82, 2.24) is 50.4 Å². The summed E-state index contributed by atoms with van der Waals surface area (Å²) in [5.41, 5.74) is 0.767. The molecular formula is C21H28N10O2. The quantitative estimate of drug-likeness (QED) is 0.514. The Labute approximate surface area is 191 Å². The van der Waals surface area contributed by atoms with E-state index < -0.39 is 0 Å². The Kier molecular flexibility index (Phi) is 6.63. The number of aromatic nitrogens is 8. The Hall–Kier alpha value is -3.25. The van der Waals surface area contributed by atoms with Gasteiger partial charge in [-0.3, -0.25) is 9.69 Å². The number of tetrazole rings is 1. The van der Waals surface area contributed by atoms with E-state index in [0.717, 1.165) is 57.6 Å². The van der Waals surface area contributed by atoms with E-state index in [1.807, 2.05) is 6.07 Å². The van der Waals surface area contributed by atoms with E-state index in [0.29, 0.717) is 30.5 Å². The molecule has 0 saturated carbocycles. The fourth-order valence-corrected chi connectivity index (χ4v) is 4.37. The molecule has 2 aliphatic rings. The van der Waals surface area contributed by atoms with E-state index in [-0.39, 0.29) is 12.0 Å². The average Bonchev–Trinajstić information content (AvgIpc) is 3.57. The Morgan fingerprint density at radius 2 is 1.97 bits per heavy atom. The molecule has 1 N–H and O–H groups in total. The second-order valence-electron chi connectivity index (χ2n) is 8.55. The van der Waals surface area contributed by atoms with Gasteiger partial charge in [-0.2, -0.15) is 19.7 Å². The number of likely N-dealkylation sites (tertiary alicyclic amines) is 1. The smallest absolute Gasteiger partial charge is 0.157 e. The van der Waals surface area contributed by atoms with Gasteiger partial charge in [-0.15, -0.1) is 5.10 Å². The van der Waals surface area contributed by atoms with Crippen molar-refractivity contribution in [2.75, 3.05) is 32.7 Å². The largest absolute Gasteiger partial charge is 0.486 e. The number of carbonyl (C=O) groups is 1. The summed E-state index contributed by atoms with van der Waals surface area (Å²) in [5.74, 6) is 1.87. The van der Waals surface area contributed by atoms with Gasteiger partial charge < -0.3 is 10.1 Å². The van der Waals surface area contributed by atoms with Gasteiger partial charge in [0.1, 0.15) is 30.2 Å². The van der Waals surface area contributed by atoms with Crippen LogP contribution in [0.3, 0.4) is 0 Å². The molecule has 0 radical (unpaired) electrons. The summed E-state index contributed by atoms with van der Waals surface area (Å²) >= 11 is 0. The van der Waals surface area contributed by atoms with Gasteiger partial charge >= 0.3 is 0 Å². The van der Waals surface area contributed by atoms with Crippen LogP contribution in [0.25, 0.3) is 5.82 Å². The first kappa shape index (κ1) is 21.6. The molecule has 2 saturated heterocycles. The number of carbonyl (C=O) groups excluding carboxylic acids is 1. The van der Waals surface area contributed by atoms with Crippen molar-refractivity contribution in [1.29, 1.82) is 0 Å². The van der Waals surface area contributed by atoms with Crippen LogP contribution in [-0.4, -0.2) is 83.6 Å². The average molecular weight is 453 g/mol. The summed E-state index contributed by atoms with van der Waals surface area (Å²) in [6.45, 7) is 4.59. The lowest BCUT2D eigenvalue weighted by Gasteiger charge is -2.32. The van der Waals surface area contributed by atoms with Crippen molar-refractivity contribution < 1.29 is 9.53 Å². The number of pyridine rings is 1. The van der Waals surface area contributed by atoms with Crippen molar-refractivity contribution in [2.45, 2.75) is 38.3 Å². The van der Waals surface area contributed by atoms with Gasteiger partial charge in [0, 0.05) is 19.0 Å². The molecule has 3 aromatic heterocycles. The highest BCUT2D eigenvalue weighted by molar-refractivity contribution is 5.83. The normalized spacial score (nSPS) is 18.4. The number of nitrogens with zero attached hydrogens (tertiary/aromatic N) is 9. The molecule has 3 aromatic rings. The van der Waals surface area contributed by atoms with E-state index in [1.165, 1.54) is 11.0 Å². The lowest BCUT2D eigenvalue weighted by Crippen LogP contribution is -2.42. The number of nitrogens with one attached hydrogen (secondary N) is 1. The maximum atomic E-state index is 12.6. The molecule has 0 amide bonds. The molecule has 174 valence electrons. The van der Waals surface area contributed by atoms with Gasteiger partial charge in [0.2, 0.25) is 0 Å². The van der Waals surface area contributed by atoms with Gasteiger partial charge in [-0.05, 0) is 61.3 Å². The summed E-state index contributed by atoms with van der Waals surface area (Å²) < 4.78 is 7.27. The molecular weight excluding hydrogens is 424 g/mol. The fourth-order valence-electron chi connectivity index (χ4n) is 4.37. The zero-order chi connectivity index (χ0) is 22.5. The molecule has 33 heavy (non-hydrogen) atoms. The first-order chi connectivity index (χ1) is 16.2. The third-order valence-corrected chi connectivity index (χ3v) is 6.30. The first-order valence-electron chi connectivity index (χ1n) is 11.4. The molecule has 0 bridgehead atoms. The van der Waals surface area contributed by atoms with Crippen LogP contribution in [0.2, 0.25) is 0 Å². The predicted octanol–water partition coefficient (Wildman–Crippen LogP) is 0.433. The highest BCUT2D eigenvalue weighted by Crippen LogP contribution is 2.22. The lowest BCUT2D eigenvalue weighted by atomic mass is 9.93. The third-order valence-electron chi connectivity index (χ3n) is 6.30. The predicted molar refractivity (Wildman–Crippen MR) is 117 cm³/mol. The minimum absolute atomic E-state index is 0.227. The lowest BCUT2D eigenvalue weighted by molar-refractivity contribution is -0.125. The Morgan fingerprint density at radius 1 is 1.12 bits per heavy atom. The highest BCUT2D eigenvalue weighted by atomic mass is 16.5. The summed E-state index contributed by atoms with van der Waals surface area (Å²) in [5, 5.41) is 23.4. The Morgan fingerprint density at radius 3 is 2.70 bits per heavy atom. The van der Waals surface area contributed by atoms with Gasteiger partial charge in [0.05, 0.1) is 25.0 Å². The Bertz CT molecular complexity index is 1020. The van der Waals surface area contributed by atoms with Crippen molar-refractivity contribution in [3.63, 3.8) is 0 Å². The summed E-state index contributed by atoms with van der Waals surface area (Å²) in [7, 11) is 0. The molecule has 0 aliphatic carbocycles. The van der Waals surface area contributed by atoms with Crippen LogP contribution in [0, 0.1) is 5.92 Å². The molecule has 12 heteroatoms. The van der Waals surface area contributed by atoms with E-state index in [4.69, 9.17) is 4.74 Å². The zero-order valence-electron chi connectivity index (χ0n) is 18.5. The SMILES string of the molecule is O=C(CN1CCC(n2ncc(COc3ccc(-n4cnnn4)nc3)n2)CC1)C1CCNCC1. The summed E-state index contributed by atoms with van der Waals surface area (Å²) in [4.78, 5) is 20.9. The van der Waals surface area contributed by atoms with Crippen LogP contribution >= 0.6 is 0 Å². The molecule has 12 nitrogen and oxygen atoms in total. The van der Waals surface area contributed by atoms with Crippen LogP contribution < -0.4 is 10.1 Å². The molecule has 0 aromatic carbocycles. The second-order valence-corrected chi connectivity index (χ2v) is 8.55. The number of rotatable bonds is 8. The highest BCUT2D eigenvalue weighted by Gasteiger charge is 2.27. The van der Waals surface area contributed by atoms with E-state index >= 15 is 0 Å². The molecule has 0 atom stereocenters. The monoisotopic (exact) mass is 452 g/mol. The molecule has 5 rings (SSSR count). The number of hydrogen-bond acceptors (Lipinski definition) is 10. The number of ether oxygens (including phenoxy) is 1. The van der Waals surface area contributed by atoms with Crippen LogP contribution in [-0.2, 0) is 11.4 Å². The number of ketones is 1. The number of hydrogen-bond donors (Lipinski definition) is 1. The topological polar surface area (TPSA) is 129 Å². The molecule has 0 spiro atoms. The van der Waals surface area contributed by atoms with Crippen LogP contribution in [0.4, 0.5) is 0 Å². The summed E-state index contributed by atoms with van der Waals surface area (Å²) in [6, 6.07) is 3.85. The molecule has 2 fully saturated rings. The van der Waals surface area contributed by atoms with Crippen molar-refractivity contribution in [3.05, 3.63) is 36.5 Å². The van der Waals surface area contributed by atoms with Gasteiger partial charge in [-0.25, -0.2) is 4.98 Å². The van der Waals surface area contributed by atoms with Crippen LogP contribution in [0.5, 0.6) is 5.75 Å². The first-order valence-corrected chi connectivity index (χ1v) is 11.4.